The molecule has 0 N–H and O–H groups in total. The first-order valence-corrected chi connectivity index (χ1v) is 11.1. The van der Waals surface area contributed by atoms with Crippen LogP contribution in [0, 0.1) is 11.3 Å². The van der Waals surface area contributed by atoms with Crippen LogP contribution in [-0.4, -0.2) is 33.8 Å². The van der Waals surface area contributed by atoms with Crippen LogP contribution in [0.25, 0.3) is 27.3 Å². The summed E-state index contributed by atoms with van der Waals surface area (Å²) < 4.78 is 12.6. The van der Waals surface area contributed by atoms with Crippen molar-refractivity contribution in [2.45, 2.75) is 40.0 Å². The van der Waals surface area contributed by atoms with Crippen LogP contribution in [0.5, 0.6) is 11.5 Å². The summed E-state index contributed by atoms with van der Waals surface area (Å²) in [5.74, 6) is 2.72. The quantitative estimate of drug-likeness (QED) is 0.456. The van der Waals surface area contributed by atoms with Crippen LogP contribution in [0.2, 0.25) is 0 Å². The number of rotatable bonds is 3. The summed E-state index contributed by atoms with van der Waals surface area (Å²) >= 11 is 1.82. The molecule has 0 amide bonds. The number of hydrogen-bond donors (Lipinski definition) is 0. The molecular weight excluding hydrogens is 396 g/mol. The molecule has 30 heavy (non-hydrogen) atoms. The Hall–Kier alpha value is -2.67. The highest BCUT2D eigenvalue weighted by molar-refractivity contribution is 7.19. The smallest absolute Gasteiger partial charge is 0.182 e. The van der Waals surface area contributed by atoms with Crippen molar-refractivity contribution in [2.24, 2.45) is 11.3 Å². The van der Waals surface area contributed by atoms with E-state index < -0.39 is 0 Å². The van der Waals surface area contributed by atoms with E-state index in [-0.39, 0.29) is 0 Å². The lowest BCUT2D eigenvalue weighted by molar-refractivity contribution is 0.218. The Morgan fingerprint density at radius 1 is 1.13 bits per heavy atom. The van der Waals surface area contributed by atoms with Gasteiger partial charge in [0.25, 0.3) is 0 Å². The van der Waals surface area contributed by atoms with E-state index in [0.29, 0.717) is 28.7 Å². The Labute approximate surface area is 179 Å². The SMILES string of the molecule is COc1ccc(-c2nc3c4c5c(sc4ncn3n2)C[C@H](C(C)(C)C)CC5)cc1OC. The molecule has 0 radical (unpaired) electrons. The second kappa shape index (κ2) is 6.94. The van der Waals surface area contributed by atoms with E-state index in [1.54, 1.807) is 25.1 Å². The van der Waals surface area contributed by atoms with Crippen molar-refractivity contribution in [3.05, 3.63) is 35.0 Å². The minimum absolute atomic E-state index is 0.325. The maximum Gasteiger partial charge on any atom is 0.182 e. The number of benzene rings is 1. The highest BCUT2D eigenvalue weighted by Gasteiger charge is 2.31. The average Bonchev–Trinajstić information content (AvgIpc) is 3.32. The molecule has 1 aliphatic rings. The van der Waals surface area contributed by atoms with E-state index in [0.717, 1.165) is 28.9 Å². The second-order valence-corrected chi connectivity index (χ2v) is 10.1. The van der Waals surface area contributed by atoms with Gasteiger partial charge in [0.1, 0.15) is 11.2 Å². The molecule has 7 heteroatoms. The number of thiophene rings is 1. The monoisotopic (exact) mass is 422 g/mol. The zero-order chi connectivity index (χ0) is 21.0. The molecule has 0 spiro atoms. The van der Waals surface area contributed by atoms with Gasteiger partial charge in [-0.2, -0.15) is 0 Å². The van der Waals surface area contributed by atoms with Gasteiger partial charge in [-0.15, -0.1) is 16.4 Å². The van der Waals surface area contributed by atoms with Gasteiger partial charge in [-0.1, -0.05) is 20.8 Å². The largest absolute Gasteiger partial charge is 0.493 e. The third kappa shape index (κ3) is 3.03. The van der Waals surface area contributed by atoms with Gasteiger partial charge in [0, 0.05) is 10.4 Å². The summed E-state index contributed by atoms with van der Waals surface area (Å²) in [7, 11) is 3.27. The fourth-order valence-corrected chi connectivity index (χ4v) is 5.67. The van der Waals surface area contributed by atoms with Crippen molar-refractivity contribution in [2.75, 3.05) is 14.2 Å². The number of aryl methyl sites for hydroxylation is 1. The van der Waals surface area contributed by atoms with Gasteiger partial charge in [0.2, 0.25) is 0 Å². The van der Waals surface area contributed by atoms with E-state index in [1.807, 2.05) is 29.5 Å². The number of nitrogens with zero attached hydrogens (tertiary/aromatic N) is 4. The minimum atomic E-state index is 0.325. The summed E-state index contributed by atoms with van der Waals surface area (Å²) in [6, 6.07) is 5.75. The van der Waals surface area contributed by atoms with Gasteiger partial charge in [0.05, 0.1) is 19.6 Å². The first kappa shape index (κ1) is 19.3. The number of ether oxygens (including phenoxy) is 2. The first-order valence-electron chi connectivity index (χ1n) is 10.3. The molecule has 3 heterocycles. The minimum Gasteiger partial charge on any atom is -0.493 e. The van der Waals surface area contributed by atoms with Crippen LogP contribution in [0.4, 0.5) is 0 Å². The summed E-state index contributed by atoms with van der Waals surface area (Å²) in [4.78, 5) is 12.1. The molecule has 3 aromatic heterocycles. The van der Waals surface area contributed by atoms with Crippen molar-refractivity contribution >= 4 is 27.2 Å². The Morgan fingerprint density at radius 2 is 1.93 bits per heavy atom. The van der Waals surface area contributed by atoms with Crippen molar-refractivity contribution in [3.63, 3.8) is 0 Å². The molecule has 0 saturated carbocycles. The molecule has 1 aliphatic carbocycles. The fourth-order valence-electron chi connectivity index (χ4n) is 4.41. The second-order valence-electron chi connectivity index (χ2n) is 9.01. The van der Waals surface area contributed by atoms with E-state index in [9.17, 15) is 0 Å². The number of fused-ring (bicyclic) bond motifs is 5. The predicted molar refractivity (Wildman–Crippen MR) is 120 cm³/mol. The number of methoxy groups -OCH3 is 2. The standard InChI is InChI=1S/C23H26N4O2S/c1-23(2,3)14-7-8-15-18(11-14)30-22-19(15)21-25-20(26-27(21)12-24-22)13-6-9-16(28-4)17(10-13)29-5/h6,9-10,12,14H,7-8,11H2,1-5H3/t14-/m1/s1. The van der Waals surface area contributed by atoms with Gasteiger partial charge in [-0.25, -0.2) is 14.5 Å². The lowest BCUT2D eigenvalue weighted by atomic mass is 9.72. The van der Waals surface area contributed by atoms with E-state index >= 15 is 0 Å². The Bertz CT molecular complexity index is 1250. The Morgan fingerprint density at radius 3 is 2.67 bits per heavy atom. The molecule has 0 unspecified atom stereocenters. The summed E-state index contributed by atoms with van der Waals surface area (Å²) in [6.07, 6.45) is 5.19. The summed E-state index contributed by atoms with van der Waals surface area (Å²) in [5.41, 5.74) is 3.52. The lowest BCUT2D eigenvalue weighted by Crippen LogP contribution is -2.26. The van der Waals surface area contributed by atoms with Crippen LogP contribution in [-0.2, 0) is 12.8 Å². The van der Waals surface area contributed by atoms with E-state index in [2.05, 4.69) is 20.8 Å². The van der Waals surface area contributed by atoms with Crippen molar-refractivity contribution < 1.29 is 9.47 Å². The molecule has 6 nitrogen and oxygen atoms in total. The van der Waals surface area contributed by atoms with Gasteiger partial charge in [0.15, 0.2) is 23.0 Å². The number of hydrogen-bond acceptors (Lipinski definition) is 6. The summed E-state index contributed by atoms with van der Waals surface area (Å²) in [6.45, 7) is 7.04. The number of aromatic nitrogens is 4. The van der Waals surface area contributed by atoms with Gasteiger partial charge in [-0.05, 0) is 54.4 Å². The fraction of sp³-hybridized carbons (Fsp3) is 0.435. The van der Waals surface area contributed by atoms with Crippen LogP contribution < -0.4 is 9.47 Å². The molecule has 1 atom stereocenters. The van der Waals surface area contributed by atoms with Crippen LogP contribution in [0.3, 0.4) is 0 Å². The molecule has 156 valence electrons. The third-order valence-corrected chi connectivity index (χ3v) is 7.41. The highest BCUT2D eigenvalue weighted by Crippen LogP contribution is 2.43. The lowest BCUT2D eigenvalue weighted by Gasteiger charge is -2.33. The van der Waals surface area contributed by atoms with Crippen LogP contribution in [0.1, 0.15) is 37.6 Å². The third-order valence-electron chi connectivity index (χ3n) is 6.25. The molecule has 4 aromatic rings. The van der Waals surface area contributed by atoms with Crippen molar-refractivity contribution in [1.82, 2.24) is 19.6 Å². The summed E-state index contributed by atoms with van der Waals surface area (Å²) in [5, 5.41) is 5.87. The molecule has 5 rings (SSSR count). The van der Waals surface area contributed by atoms with Gasteiger partial charge < -0.3 is 9.47 Å². The predicted octanol–water partition coefficient (Wildman–Crippen LogP) is 5.17. The van der Waals surface area contributed by atoms with Crippen molar-refractivity contribution in [3.8, 4) is 22.9 Å². The zero-order valence-electron chi connectivity index (χ0n) is 18.0. The van der Waals surface area contributed by atoms with Crippen molar-refractivity contribution in [1.29, 1.82) is 0 Å². The maximum absolute atomic E-state index is 5.44. The molecule has 1 aromatic carbocycles. The maximum atomic E-state index is 5.44. The van der Waals surface area contributed by atoms with Crippen LogP contribution in [0.15, 0.2) is 24.5 Å². The van der Waals surface area contributed by atoms with Gasteiger partial charge >= 0.3 is 0 Å². The Kier molecular flexibility index (Phi) is 4.47. The van der Waals surface area contributed by atoms with Gasteiger partial charge in [-0.3, -0.25) is 0 Å². The molecular formula is C23H26N4O2S. The molecule has 0 aliphatic heterocycles. The highest BCUT2D eigenvalue weighted by atomic mass is 32.1. The topological polar surface area (TPSA) is 61.5 Å². The Balaban J connectivity index is 1.62. The van der Waals surface area contributed by atoms with E-state index in [4.69, 9.17) is 24.5 Å². The van der Waals surface area contributed by atoms with E-state index in [1.165, 1.54) is 22.2 Å². The van der Waals surface area contributed by atoms with Crippen LogP contribution >= 0.6 is 11.3 Å². The zero-order valence-corrected chi connectivity index (χ0v) is 18.8. The first-order chi connectivity index (χ1) is 14.4. The average molecular weight is 423 g/mol. The molecule has 0 bridgehead atoms. The molecule has 0 saturated heterocycles. The molecule has 0 fully saturated rings. The normalized spacial score (nSPS) is 16.8.